The number of ether oxygens (including phenoxy) is 2. The summed E-state index contributed by atoms with van der Waals surface area (Å²) in [5, 5.41) is 5.30. The van der Waals surface area contributed by atoms with Crippen molar-refractivity contribution in [3.63, 3.8) is 0 Å². The van der Waals surface area contributed by atoms with Crippen LogP contribution in [0.4, 0.5) is 16.9 Å². The quantitative estimate of drug-likeness (QED) is 0.289. The maximum absolute atomic E-state index is 13.3. The zero-order valence-electron chi connectivity index (χ0n) is 21.6. The Morgan fingerprint density at radius 3 is 2.79 bits per heavy atom. The summed E-state index contributed by atoms with van der Waals surface area (Å²) < 4.78 is 10.6. The number of methoxy groups -OCH3 is 1. The van der Waals surface area contributed by atoms with Crippen LogP contribution in [-0.4, -0.2) is 50.8 Å². The molecule has 2 aliphatic heterocycles. The molecule has 3 aromatic heterocycles. The zero-order chi connectivity index (χ0) is 27.1. The SMILES string of the molecule is CCOC(=O)c1sc(NC(=O)C2CC3NN(Cc4ncc(C)c(OC)c4C)c4nc(N)nc(c43)S2)nc1C. The predicted molar refractivity (Wildman–Crippen MR) is 144 cm³/mol. The molecule has 2 atom stereocenters. The average Bonchev–Trinajstić information content (AvgIpc) is 3.41. The van der Waals surface area contributed by atoms with Crippen LogP contribution in [0.25, 0.3) is 0 Å². The van der Waals surface area contributed by atoms with Crippen LogP contribution in [0.15, 0.2) is 11.2 Å². The number of amides is 1. The molecule has 2 unspecified atom stereocenters. The maximum atomic E-state index is 13.3. The summed E-state index contributed by atoms with van der Waals surface area (Å²) in [7, 11) is 1.65. The summed E-state index contributed by atoms with van der Waals surface area (Å²) in [5.74, 6) is 0.924. The van der Waals surface area contributed by atoms with Crippen molar-refractivity contribution in [1.82, 2.24) is 25.4 Å². The molecule has 2 aliphatic rings. The molecule has 0 aliphatic carbocycles. The molecule has 5 rings (SSSR count). The molecule has 1 amide bonds. The predicted octanol–water partition coefficient (Wildman–Crippen LogP) is 3.09. The number of nitrogens with one attached hydrogen (secondary N) is 2. The van der Waals surface area contributed by atoms with Gasteiger partial charge < -0.3 is 20.5 Å². The smallest absolute Gasteiger partial charge is 0.350 e. The standard InChI is InChI=1S/C24H28N8O4S2/c1-6-36-22(34)18-12(4)27-24(38-18)29-20(33)15-7-13-16-19(28-23(25)30-21(16)37-15)32(31-13)9-14-11(3)17(35-5)10(2)8-26-14/h8,13,15,31H,6-7,9H2,1-5H3,(H2,25,28,30)(H,27,29,33). The van der Waals surface area contributed by atoms with E-state index in [4.69, 9.17) is 15.2 Å². The van der Waals surface area contributed by atoms with Gasteiger partial charge in [-0.25, -0.2) is 20.2 Å². The van der Waals surface area contributed by atoms with Crippen molar-refractivity contribution in [1.29, 1.82) is 0 Å². The van der Waals surface area contributed by atoms with E-state index in [1.807, 2.05) is 18.9 Å². The van der Waals surface area contributed by atoms with Gasteiger partial charge in [-0.1, -0.05) is 23.1 Å². The maximum Gasteiger partial charge on any atom is 0.350 e. The molecule has 4 N–H and O–H groups in total. The fraction of sp³-hybridized carbons (Fsp3) is 0.417. The van der Waals surface area contributed by atoms with Crippen LogP contribution in [0.3, 0.4) is 0 Å². The third-order valence-corrected chi connectivity index (χ3v) is 8.64. The van der Waals surface area contributed by atoms with Crippen molar-refractivity contribution in [2.45, 2.75) is 57.0 Å². The van der Waals surface area contributed by atoms with E-state index in [1.54, 1.807) is 27.2 Å². The number of hydrogen-bond donors (Lipinski definition) is 3. The normalized spacial score (nSPS) is 17.8. The van der Waals surface area contributed by atoms with E-state index < -0.39 is 11.2 Å². The Labute approximate surface area is 227 Å². The monoisotopic (exact) mass is 556 g/mol. The largest absolute Gasteiger partial charge is 0.496 e. The number of hydrazine groups is 1. The Balaban J connectivity index is 1.35. The lowest BCUT2D eigenvalue weighted by atomic mass is 10.0. The number of hydrogen-bond acceptors (Lipinski definition) is 13. The van der Waals surface area contributed by atoms with E-state index in [0.29, 0.717) is 39.5 Å². The van der Waals surface area contributed by atoms with Gasteiger partial charge in [0.1, 0.15) is 15.7 Å². The van der Waals surface area contributed by atoms with E-state index in [2.05, 4.69) is 30.7 Å². The molecular weight excluding hydrogens is 528 g/mol. The lowest BCUT2D eigenvalue weighted by molar-refractivity contribution is -0.116. The number of rotatable bonds is 7. The topological polar surface area (TPSA) is 157 Å². The molecule has 200 valence electrons. The Morgan fingerprint density at radius 1 is 1.26 bits per heavy atom. The molecule has 0 saturated carbocycles. The fourth-order valence-corrected chi connectivity index (χ4v) is 6.71. The van der Waals surface area contributed by atoms with Gasteiger partial charge in [0.15, 0.2) is 10.9 Å². The highest BCUT2D eigenvalue weighted by atomic mass is 32.2. The van der Waals surface area contributed by atoms with Crippen LogP contribution >= 0.6 is 23.1 Å². The van der Waals surface area contributed by atoms with E-state index >= 15 is 0 Å². The molecule has 0 spiro atoms. The number of aromatic nitrogens is 4. The molecule has 5 heterocycles. The van der Waals surface area contributed by atoms with Gasteiger partial charge in [-0.2, -0.15) is 4.98 Å². The van der Waals surface area contributed by atoms with Crippen LogP contribution in [0.1, 0.15) is 57.1 Å². The number of pyridine rings is 1. The van der Waals surface area contributed by atoms with E-state index in [1.165, 1.54) is 11.8 Å². The molecule has 0 aromatic carbocycles. The molecule has 14 heteroatoms. The highest BCUT2D eigenvalue weighted by Gasteiger charge is 2.42. The average molecular weight is 557 g/mol. The minimum Gasteiger partial charge on any atom is -0.496 e. The summed E-state index contributed by atoms with van der Waals surface area (Å²) in [6, 6.07) is -0.182. The van der Waals surface area contributed by atoms with Crippen LogP contribution < -0.4 is 26.2 Å². The van der Waals surface area contributed by atoms with Crippen LogP contribution in [0.2, 0.25) is 0 Å². The van der Waals surface area contributed by atoms with Crippen molar-refractivity contribution in [3.8, 4) is 5.75 Å². The van der Waals surface area contributed by atoms with Gasteiger partial charge in [-0.3, -0.25) is 14.8 Å². The number of carbonyl (C=O) groups excluding carboxylic acids is 2. The molecule has 12 nitrogen and oxygen atoms in total. The summed E-state index contributed by atoms with van der Waals surface area (Å²) in [5.41, 5.74) is 13.7. The summed E-state index contributed by atoms with van der Waals surface area (Å²) >= 11 is 2.44. The van der Waals surface area contributed by atoms with Crippen LogP contribution in [-0.2, 0) is 16.1 Å². The number of anilines is 3. The minimum atomic E-state index is -0.461. The molecular formula is C24H28N8O4S2. The molecule has 38 heavy (non-hydrogen) atoms. The molecule has 0 radical (unpaired) electrons. The number of aryl methyl sites for hydroxylation is 2. The highest BCUT2D eigenvalue weighted by Crippen LogP contribution is 2.47. The molecule has 0 bridgehead atoms. The lowest BCUT2D eigenvalue weighted by Crippen LogP contribution is -2.38. The number of nitrogen functional groups attached to an aromatic ring is 1. The first-order chi connectivity index (χ1) is 18.2. The van der Waals surface area contributed by atoms with Gasteiger partial charge >= 0.3 is 5.97 Å². The Bertz CT molecular complexity index is 1430. The van der Waals surface area contributed by atoms with Crippen LogP contribution in [0.5, 0.6) is 5.75 Å². The summed E-state index contributed by atoms with van der Waals surface area (Å²) in [6.07, 6.45) is 2.29. The van der Waals surface area contributed by atoms with E-state index in [9.17, 15) is 9.59 Å². The molecule has 0 fully saturated rings. The zero-order valence-corrected chi connectivity index (χ0v) is 23.2. The number of nitrogens with two attached hydrogens (primary N) is 1. The number of carbonyl (C=O) groups is 2. The molecule has 3 aromatic rings. The first-order valence-electron chi connectivity index (χ1n) is 12.0. The van der Waals surface area contributed by atoms with Crippen molar-refractivity contribution in [2.75, 3.05) is 29.8 Å². The number of esters is 1. The highest BCUT2D eigenvalue weighted by molar-refractivity contribution is 8.00. The van der Waals surface area contributed by atoms with Gasteiger partial charge in [0, 0.05) is 22.9 Å². The van der Waals surface area contributed by atoms with Gasteiger partial charge in [0.2, 0.25) is 11.9 Å². The second kappa shape index (κ2) is 10.3. The Hall–Kier alpha value is -3.49. The number of thiazole rings is 1. The first kappa shape index (κ1) is 26.1. The second-order valence-corrected chi connectivity index (χ2v) is 11.1. The summed E-state index contributed by atoms with van der Waals surface area (Å²) in [6.45, 7) is 8.08. The van der Waals surface area contributed by atoms with Gasteiger partial charge in [-0.05, 0) is 34.1 Å². The number of thioether (sulfide) groups is 1. The Kier molecular flexibility index (Phi) is 7.11. The van der Waals surface area contributed by atoms with Crippen molar-refractivity contribution >= 4 is 51.9 Å². The van der Waals surface area contributed by atoms with Crippen molar-refractivity contribution in [2.24, 2.45) is 0 Å². The van der Waals surface area contributed by atoms with Crippen molar-refractivity contribution < 1.29 is 19.1 Å². The second-order valence-electron chi connectivity index (χ2n) is 8.92. The Morgan fingerprint density at radius 2 is 2.05 bits per heavy atom. The minimum absolute atomic E-state index is 0.126. The van der Waals surface area contributed by atoms with E-state index in [0.717, 1.165) is 39.5 Å². The van der Waals surface area contributed by atoms with Gasteiger partial charge in [0.05, 0.1) is 42.9 Å². The molecule has 0 saturated heterocycles. The summed E-state index contributed by atoms with van der Waals surface area (Å²) in [4.78, 5) is 43.7. The lowest BCUT2D eigenvalue weighted by Gasteiger charge is -2.26. The first-order valence-corrected chi connectivity index (χ1v) is 13.7. The van der Waals surface area contributed by atoms with E-state index in [-0.39, 0.29) is 24.5 Å². The van der Waals surface area contributed by atoms with Crippen molar-refractivity contribution in [3.05, 3.63) is 39.2 Å². The van der Waals surface area contributed by atoms with Crippen LogP contribution in [0, 0.1) is 20.8 Å². The third-order valence-electron chi connectivity index (χ3n) is 6.36. The fourth-order valence-electron chi connectivity index (χ4n) is 4.62. The third kappa shape index (κ3) is 4.74. The number of nitrogens with zero attached hydrogens (tertiary/aromatic N) is 5. The van der Waals surface area contributed by atoms with Gasteiger partial charge in [-0.15, -0.1) is 0 Å². The van der Waals surface area contributed by atoms with Gasteiger partial charge in [0.25, 0.3) is 0 Å².